The molecule has 5 rings (SSSR count). The number of amides is 1. The van der Waals surface area contributed by atoms with Gasteiger partial charge in [0.05, 0.1) is 18.5 Å². The highest BCUT2D eigenvalue weighted by molar-refractivity contribution is 5.95. The fourth-order valence-electron chi connectivity index (χ4n) is 4.17. The number of fused-ring (bicyclic) bond motifs is 2. The van der Waals surface area contributed by atoms with Crippen LogP contribution in [-0.4, -0.2) is 22.8 Å². The van der Waals surface area contributed by atoms with Crippen molar-refractivity contribution in [1.82, 2.24) is 9.78 Å². The number of hydrogen-bond acceptors (Lipinski definition) is 3. The minimum atomic E-state index is -0.0182. The quantitative estimate of drug-likeness (QED) is 0.552. The Morgan fingerprint density at radius 3 is 2.55 bits per heavy atom. The average molecular weight is 383 g/mol. The minimum absolute atomic E-state index is 0.00493. The summed E-state index contributed by atoms with van der Waals surface area (Å²) >= 11 is 0. The molecular formula is C24H21N3O2. The predicted octanol–water partition coefficient (Wildman–Crippen LogP) is 4.82. The van der Waals surface area contributed by atoms with Gasteiger partial charge in [-0.25, -0.2) is 4.68 Å². The van der Waals surface area contributed by atoms with Crippen molar-refractivity contribution < 1.29 is 9.53 Å². The third kappa shape index (κ3) is 2.95. The minimum Gasteiger partial charge on any atom is -0.497 e. The van der Waals surface area contributed by atoms with Gasteiger partial charge in [-0.2, -0.15) is 5.10 Å². The van der Waals surface area contributed by atoms with Gasteiger partial charge in [-0.3, -0.25) is 4.79 Å². The lowest BCUT2D eigenvalue weighted by molar-refractivity contribution is -0.116. The molecule has 29 heavy (non-hydrogen) atoms. The van der Waals surface area contributed by atoms with Gasteiger partial charge in [0.1, 0.15) is 11.6 Å². The molecule has 1 amide bonds. The smallest absolute Gasteiger partial charge is 0.226 e. The van der Waals surface area contributed by atoms with E-state index in [0.29, 0.717) is 6.42 Å². The van der Waals surface area contributed by atoms with Gasteiger partial charge >= 0.3 is 0 Å². The van der Waals surface area contributed by atoms with Crippen molar-refractivity contribution in [3.63, 3.8) is 0 Å². The van der Waals surface area contributed by atoms with Crippen LogP contribution in [0.15, 0.2) is 66.7 Å². The number of carbonyl (C=O) groups is 1. The van der Waals surface area contributed by atoms with Crippen LogP contribution in [0.25, 0.3) is 16.5 Å². The highest BCUT2D eigenvalue weighted by Crippen LogP contribution is 2.41. The number of aryl methyl sites for hydroxylation is 1. The first-order chi connectivity index (χ1) is 14.1. The van der Waals surface area contributed by atoms with E-state index in [1.807, 2.05) is 48.0 Å². The Morgan fingerprint density at radius 1 is 1.03 bits per heavy atom. The number of aromatic nitrogens is 2. The lowest BCUT2D eigenvalue weighted by atomic mass is 9.85. The Morgan fingerprint density at radius 2 is 1.79 bits per heavy atom. The molecule has 1 unspecified atom stereocenters. The lowest BCUT2D eigenvalue weighted by Crippen LogP contribution is -2.24. The zero-order valence-electron chi connectivity index (χ0n) is 16.3. The van der Waals surface area contributed by atoms with Gasteiger partial charge in [-0.05, 0) is 47.5 Å². The number of methoxy groups -OCH3 is 1. The molecule has 1 aliphatic heterocycles. The zero-order valence-corrected chi connectivity index (χ0v) is 16.3. The van der Waals surface area contributed by atoms with Gasteiger partial charge in [0.2, 0.25) is 5.91 Å². The fraction of sp³-hybridized carbons (Fsp3) is 0.167. The van der Waals surface area contributed by atoms with Crippen molar-refractivity contribution in [3.8, 4) is 11.4 Å². The molecule has 0 aliphatic carbocycles. The number of ether oxygens (including phenoxy) is 1. The first-order valence-corrected chi connectivity index (χ1v) is 9.66. The van der Waals surface area contributed by atoms with Crippen LogP contribution in [0.4, 0.5) is 5.82 Å². The molecule has 0 fully saturated rings. The summed E-state index contributed by atoms with van der Waals surface area (Å²) in [4.78, 5) is 12.6. The molecule has 0 radical (unpaired) electrons. The van der Waals surface area contributed by atoms with E-state index >= 15 is 0 Å². The Labute approximate surface area is 168 Å². The van der Waals surface area contributed by atoms with Crippen LogP contribution in [0.2, 0.25) is 0 Å². The van der Waals surface area contributed by atoms with E-state index in [4.69, 9.17) is 9.84 Å². The molecule has 0 spiro atoms. The topological polar surface area (TPSA) is 56.1 Å². The Kier molecular flexibility index (Phi) is 4.09. The molecule has 2 heterocycles. The second-order valence-corrected chi connectivity index (χ2v) is 7.37. The molecule has 4 aromatic rings. The standard InChI is InChI=1S/C24H21N3O2/c1-15-23-21(18-8-7-16-5-3-4-6-17(16)13-18)14-22(28)25-24(23)27(26-15)19-9-11-20(29-2)12-10-19/h3-13,21H,14H2,1-2H3,(H,25,28). The second kappa shape index (κ2) is 6.78. The van der Waals surface area contributed by atoms with Crippen molar-refractivity contribution in [2.75, 3.05) is 12.4 Å². The molecule has 0 saturated carbocycles. The maximum atomic E-state index is 12.6. The predicted molar refractivity (Wildman–Crippen MR) is 114 cm³/mol. The van der Waals surface area contributed by atoms with Crippen molar-refractivity contribution in [2.45, 2.75) is 19.3 Å². The van der Waals surface area contributed by atoms with E-state index in [9.17, 15) is 4.79 Å². The summed E-state index contributed by atoms with van der Waals surface area (Å²) in [5.41, 5.74) is 4.02. The summed E-state index contributed by atoms with van der Waals surface area (Å²) in [5.74, 6) is 1.52. The van der Waals surface area contributed by atoms with Gasteiger partial charge < -0.3 is 10.1 Å². The Bertz CT molecular complexity index is 1220. The molecule has 144 valence electrons. The monoisotopic (exact) mass is 383 g/mol. The number of nitrogens with zero attached hydrogens (tertiary/aromatic N) is 2. The van der Waals surface area contributed by atoms with Crippen LogP contribution in [0.3, 0.4) is 0 Å². The first-order valence-electron chi connectivity index (χ1n) is 9.66. The molecule has 5 nitrogen and oxygen atoms in total. The second-order valence-electron chi connectivity index (χ2n) is 7.37. The van der Waals surface area contributed by atoms with Gasteiger partial charge in [-0.1, -0.05) is 42.5 Å². The van der Waals surface area contributed by atoms with E-state index in [1.165, 1.54) is 10.8 Å². The number of rotatable bonds is 3. The molecule has 0 saturated heterocycles. The van der Waals surface area contributed by atoms with Crippen molar-refractivity contribution >= 4 is 22.5 Å². The van der Waals surface area contributed by atoms with Crippen molar-refractivity contribution in [3.05, 3.63) is 83.6 Å². The first kappa shape index (κ1) is 17.5. The van der Waals surface area contributed by atoms with E-state index in [0.717, 1.165) is 34.1 Å². The van der Waals surface area contributed by atoms with Gasteiger partial charge in [-0.15, -0.1) is 0 Å². The third-order valence-electron chi connectivity index (χ3n) is 5.60. The highest BCUT2D eigenvalue weighted by atomic mass is 16.5. The highest BCUT2D eigenvalue weighted by Gasteiger charge is 2.32. The van der Waals surface area contributed by atoms with Crippen LogP contribution in [-0.2, 0) is 4.79 Å². The van der Waals surface area contributed by atoms with E-state index < -0.39 is 0 Å². The van der Waals surface area contributed by atoms with Gasteiger partial charge in [0.15, 0.2) is 0 Å². The van der Waals surface area contributed by atoms with Crippen LogP contribution < -0.4 is 10.1 Å². The molecule has 1 N–H and O–H groups in total. The van der Waals surface area contributed by atoms with Gasteiger partial charge in [0, 0.05) is 17.9 Å². The van der Waals surface area contributed by atoms with Crippen LogP contribution >= 0.6 is 0 Å². The summed E-state index contributed by atoms with van der Waals surface area (Å²) in [5, 5.41) is 10.2. The van der Waals surface area contributed by atoms with Gasteiger partial charge in [0.25, 0.3) is 0 Å². The zero-order chi connectivity index (χ0) is 20.0. The summed E-state index contributed by atoms with van der Waals surface area (Å²) < 4.78 is 7.07. The molecule has 5 heteroatoms. The summed E-state index contributed by atoms with van der Waals surface area (Å²) in [6.45, 7) is 2.00. The number of hydrogen-bond donors (Lipinski definition) is 1. The molecule has 0 bridgehead atoms. The van der Waals surface area contributed by atoms with Crippen LogP contribution in [0.1, 0.15) is 29.2 Å². The molecule has 3 aromatic carbocycles. The van der Waals surface area contributed by atoms with E-state index in [2.05, 4.69) is 35.6 Å². The molecule has 1 atom stereocenters. The van der Waals surface area contributed by atoms with Crippen molar-refractivity contribution in [1.29, 1.82) is 0 Å². The van der Waals surface area contributed by atoms with Crippen LogP contribution in [0, 0.1) is 6.92 Å². The molecule has 1 aliphatic rings. The van der Waals surface area contributed by atoms with Crippen LogP contribution in [0.5, 0.6) is 5.75 Å². The lowest BCUT2D eigenvalue weighted by Gasteiger charge is -2.24. The summed E-state index contributed by atoms with van der Waals surface area (Å²) in [6.07, 6.45) is 0.417. The molecular weight excluding hydrogens is 362 g/mol. The maximum Gasteiger partial charge on any atom is 0.226 e. The maximum absolute atomic E-state index is 12.6. The Balaban J connectivity index is 1.63. The fourth-order valence-corrected chi connectivity index (χ4v) is 4.17. The van der Waals surface area contributed by atoms with E-state index in [-0.39, 0.29) is 11.8 Å². The summed E-state index contributed by atoms with van der Waals surface area (Å²) in [7, 11) is 1.64. The Hall–Kier alpha value is -3.60. The van der Waals surface area contributed by atoms with E-state index in [1.54, 1.807) is 7.11 Å². The average Bonchev–Trinajstić information content (AvgIpc) is 3.09. The summed E-state index contributed by atoms with van der Waals surface area (Å²) in [6, 6.07) is 22.4. The molecule has 1 aromatic heterocycles. The number of nitrogens with one attached hydrogen (secondary N) is 1. The number of anilines is 1. The van der Waals surface area contributed by atoms with Crippen molar-refractivity contribution in [2.24, 2.45) is 0 Å². The SMILES string of the molecule is COc1ccc(-n2nc(C)c3c2NC(=O)CC3c2ccc3ccccc3c2)cc1. The number of carbonyl (C=O) groups excluding carboxylic acids is 1. The largest absolute Gasteiger partial charge is 0.497 e. The third-order valence-corrected chi connectivity index (χ3v) is 5.60. The number of benzene rings is 3. The normalized spacial score (nSPS) is 15.8.